The van der Waals surface area contributed by atoms with E-state index in [0.717, 1.165) is 0 Å². The van der Waals surface area contributed by atoms with Crippen molar-refractivity contribution in [1.82, 2.24) is 0 Å². The lowest BCUT2D eigenvalue weighted by molar-refractivity contribution is 0.0171. The van der Waals surface area contributed by atoms with Crippen molar-refractivity contribution in [3.8, 4) is 11.5 Å². The lowest BCUT2D eigenvalue weighted by Gasteiger charge is -2.22. The topological polar surface area (TPSA) is 77.8 Å². The van der Waals surface area contributed by atoms with Crippen molar-refractivity contribution in [3.05, 3.63) is 22.8 Å². The first kappa shape index (κ1) is 11.0. The molecule has 0 amide bonds. The second kappa shape index (κ2) is 2.98. The van der Waals surface area contributed by atoms with E-state index < -0.39 is 11.5 Å². The second-order valence-electron chi connectivity index (χ2n) is 4.53. The fourth-order valence-corrected chi connectivity index (χ4v) is 2.11. The van der Waals surface area contributed by atoms with Crippen molar-refractivity contribution in [2.45, 2.75) is 26.4 Å². The van der Waals surface area contributed by atoms with E-state index >= 15 is 0 Å². The number of fused-ring (bicyclic) bond motifs is 1. The number of phenols is 2. The van der Waals surface area contributed by atoms with Crippen LogP contribution in [0, 0.1) is 12.8 Å². The van der Waals surface area contributed by atoms with E-state index in [1.165, 1.54) is 19.9 Å². The van der Waals surface area contributed by atoms with Crippen LogP contribution in [0.1, 0.15) is 35.3 Å². The Hall–Kier alpha value is -1.55. The Morgan fingerprint density at radius 1 is 1.38 bits per heavy atom. The first-order valence-electron chi connectivity index (χ1n) is 5.11. The maximum Gasteiger partial charge on any atom is 0.173 e. The third kappa shape index (κ3) is 1.10. The highest BCUT2D eigenvalue weighted by molar-refractivity contribution is 6.06. The molecule has 4 heteroatoms. The van der Waals surface area contributed by atoms with E-state index in [9.17, 15) is 20.1 Å². The average molecular weight is 222 g/mol. The molecule has 1 aliphatic rings. The minimum Gasteiger partial charge on any atom is -0.508 e. The number of hydrogen-bond donors (Lipinski definition) is 3. The van der Waals surface area contributed by atoms with Gasteiger partial charge in [0.15, 0.2) is 5.78 Å². The van der Waals surface area contributed by atoms with Gasteiger partial charge < -0.3 is 15.3 Å². The summed E-state index contributed by atoms with van der Waals surface area (Å²) in [4.78, 5) is 11.9. The summed E-state index contributed by atoms with van der Waals surface area (Å²) in [7, 11) is 0. The van der Waals surface area contributed by atoms with Crippen LogP contribution < -0.4 is 0 Å². The predicted molar refractivity (Wildman–Crippen MR) is 57.6 cm³/mol. The number of aliphatic hydroxyl groups is 1. The van der Waals surface area contributed by atoms with Crippen molar-refractivity contribution >= 4 is 5.78 Å². The zero-order valence-electron chi connectivity index (χ0n) is 9.40. The molecule has 1 aromatic rings. The molecule has 0 bridgehead atoms. The monoisotopic (exact) mass is 222 g/mol. The highest BCUT2D eigenvalue weighted by Crippen LogP contribution is 2.47. The molecule has 0 saturated heterocycles. The van der Waals surface area contributed by atoms with Gasteiger partial charge in [0.05, 0.1) is 17.1 Å². The Morgan fingerprint density at radius 2 is 1.94 bits per heavy atom. The van der Waals surface area contributed by atoms with Gasteiger partial charge in [0.2, 0.25) is 0 Å². The zero-order valence-corrected chi connectivity index (χ0v) is 9.40. The number of aromatic hydroxyl groups is 2. The molecule has 16 heavy (non-hydrogen) atoms. The van der Waals surface area contributed by atoms with Gasteiger partial charge >= 0.3 is 0 Å². The highest BCUT2D eigenvalue weighted by atomic mass is 16.3. The molecule has 0 unspecified atom stereocenters. The average Bonchev–Trinajstić information content (AvgIpc) is 2.37. The summed E-state index contributed by atoms with van der Waals surface area (Å²) in [6.45, 7) is 4.64. The fraction of sp³-hybridized carbons (Fsp3) is 0.417. The summed E-state index contributed by atoms with van der Waals surface area (Å²) in [5.74, 6) is -1.25. The van der Waals surface area contributed by atoms with E-state index in [0.29, 0.717) is 5.56 Å². The predicted octanol–water partition coefficient (Wildman–Crippen LogP) is 1.45. The van der Waals surface area contributed by atoms with E-state index in [1.54, 1.807) is 6.92 Å². The van der Waals surface area contributed by atoms with Crippen LogP contribution in [0.3, 0.4) is 0 Å². The smallest absolute Gasteiger partial charge is 0.173 e. The molecule has 2 rings (SSSR count). The Kier molecular flexibility index (Phi) is 2.04. The largest absolute Gasteiger partial charge is 0.508 e. The first-order valence-corrected chi connectivity index (χ1v) is 5.11. The van der Waals surface area contributed by atoms with E-state index in [-0.39, 0.29) is 28.4 Å². The van der Waals surface area contributed by atoms with Gasteiger partial charge in [-0.3, -0.25) is 4.79 Å². The van der Waals surface area contributed by atoms with Crippen LogP contribution in [-0.4, -0.2) is 21.1 Å². The lowest BCUT2D eigenvalue weighted by Crippen LogP contribution is -2.27. The van der Waals surface area contributed by atoms with Gasteiger partial charge in [0, 0.05) is 11.1 Å². The SMILES string of the molecule is Cc1c(O)cc2c(c1O)C(=O)[C@@H](C)[C@@]2(C)O. The number of phenolic OH excluding ortho intramolecular Hbond substituents is 2. The second-order valence-corrected chi connectivity index (χ2v) is 4.53. The van der Waals surface area contributed by atoms with E-state index in [2.05, 4.69) is 0 Å². The summed E-state index contributed by atoms with van der Waals surface area (Å²) < 4.78 is 0. The number of benzene rings is 1. The van der Waals surface area contributed by atoms with Crippen molar-refractivity contribution in [2.24, 2.45) is 5.92 Å². The molecule has 1 aliphatic carbocycles. The molecule has 4 nitrogen and oxygen atoms in total. The third-order valence-electron chi connectivity index (χ3n) is 3.55. The van der Waals surface area contributed by atoms with Crippen LogP contribution in [0.5, 0.6) is 11.5 Å². The van der Waals surface area contributed by atoms with Crippen molar-refractivity contribution in [2.75, 3.05) is 0 Å². The Labute approximate surface area is 93.2 Å². The Bertz CT molecular complexity index is 488. The van der Waals surface area contributed by atoms with Gasteiger partial charge in [-0.2, -0.15) is 0 Å². The van der Waals surface area contributed by atoms with E-state index in [1.807, 2.05) is 0 Å². The maximum atomic E-state index is 11.9. The summed E-state index contributed by atoms with van der Waals surface area (Å²) in [6, 6.07) is 1.35. The molecule has 0 aliphatic heterocycles. The third-order valence-corrected chi connectivity index (χ3v) is 3.55. The van der Waals surface area contributed by atoms with Gasteiger partial charge in [-0.1, -0.05) is 6.92 Å². The van der Waals surface area contributed by atoms with Gasteiger partial charge in [0.1, 0.15) is 11.5 Å². The van der Waals surface area contributed by atoms with Crippen LogP contribution in [0.4, 0.5) is 0 Å². The van der Waals surface area contributed by atoms with Gasteiger partial charge in [-0.05, 0) is 19.9 Å². The fourth-order valence-electron chi connectivity index (χ4n) is 2.11. The summed E-state index contributed by atoms with van der Waals surface area (Å²) in [5.41, 5.74) is -0.648. The van der Waals surface area contributed by atoms with Crippen molar-refractivity contribution in [3.63, 3.8) is 0 Å². The van der Waals surface area contributed by atoms with Crippen LogP contribution in [0.15, 0.2) is 6.07 Å². The Morgan fingerprint density at radius 3 is 2.50 bits per heavy atom. The van der Waals surface area contributed by atoms with E-state index in [4.69, 9.17) is 0 Å². The summed E-state index contributed by atoms with van der Waals surface area (Å²) >= 11 is 0. The molecule has 1 aromatic carbocycles. The summed E-state index contributed by atoms with van der Waals surface area (Å²) in [5, 5.41) is 29.6. The van der Waals surface area contributed by atoms with Crippen LogP contribution in [-0.2, 0) is 5.60 Å². The molecule has 3 N–H and O–H groups in total. The molecule has 86 valence electrons. The molecule has 0 fully saturated rings. The number of hydrogen-bond acceptors (Lipinski definition) is 4. The molecule has 0 aromatic heterocycles. The minimum atomic E-state index is -1.34. The first-order chi connectivity index (χ1) is 7.28. The lowest BCUT2D eigenvalue weighted by atomic mass is 9.90. The number of rotatable bonds is 0. The molecular weight excluding hydrogens is 208 g/mol. The molecule has 2 atom stereocenters. The van der Waals surface area contributed by atoms with Gasteiger partial charge in [-0.25, -0.2) is 0 Å². The zero-order chi connectivity index (χ0) is 12.2. The number of ketones is 1. The molecule has 0 spiro atoms. The van der Waals surface area contributed by atoms with Crippen molar-refractivity contribution < 1.29 is 20.1 Å². The van der Waals surface area contributed by atoms with Crippen LogP contribution in [0.2, 0.25) is 0 Å². The van der Waals surface area contributed by atoms with Crippen molar-refractivity contribution in [1.29, 1.82) is 0 Å². The van der Waals surface area contributed by atoms with Gasteiger partial charge in [-0.15, -0.1) is 0 Å². The Balaban J connectivity index is 2.83. The number of Topliss-reactive ketones (excluding diaryl/α,β-unsaturated/α-hetero) is 1. The molecule has 0 radical (unpaired) electrons. The summed E-state index contributed by atoms with van der Waals surface area (Å²) in [6.07, 6.45) is 0. The highest BCUT2D eigenvalue weighted by Gasteiger charge is 2.47. The maximum absolute atomic E-state index is 11.9. The molecular formula is C12H14O4. The normalized spacial score (nSPS) is 28.2. The standard InChI is InChI=1S/C12H14O4/c1-5-8(13)4-7-9(10(5)14)11(15)6(2)12(7,3)16/h4,6,13-14,16H,1-3H3/t6-,12-/m1/s1. The minimum absolute atomic E-state index is 0.113. The molecule has 0 heterocycles. The number of carbonyl (C=O) groups is 1. The van der Waals surface area contributed by atoms with Crippen LogP contribution in [0.25, 0.3) is 0 Å². The number of carbonyl (C=O) groups excluding carboxylic acids is 1. The quantitative estimate of drug-likeness (QED) is 0.620. The molecule has 0 saturated carbocycles. The van der Waals surface area contributed by atoms with Crippen LogP contribution >= 0.6 is 0 Å². The van der Waals surface area contributed by atoms with Gasteiger partial charge in [0.25, 0.3) is 0 Å².